The van der Waals surface area contributed by atoms with Crippen LogP contribution in [-0.4, -0.2) is 40.0 Å². The molecule has 0 radical (unpaired) electrons. The fourth-order valence-corrected chi connectivity index (χ4v) is 4.60. The molecule has 1 atom stereocenters. The molecule has 0 aliphatic carbocycles. The molecule has 6 nitrogen and oxygen atoms in total. The minimum atomic E-state index is -0.314. The Balaban J connectivity index is 1.59. The molecule has 0 aromatic carbocycles. The van der Waals surface area contributed by atoms with Crippen molar-refractivity contribution in [2.45, 2.75) is 18.9 Å². The van der Waals surface area contributed by atoms with Crippen LogP contribution in [0.4, 0.5) is 5.69 Å². The molecular formula is C22H22N4O2. The molecule has 0 saturated carbocycles. The monoisotopic (exact) mass is 374 g/mol. The van der Waals surface area contributed by atoms with E-state index in [0.29, 0.717) is 25.4 Å². The molecule has 28 heavy (non-hydrogen) atoms. The maximum absolute atomic E-state index is 13.0. The van der Waals surface area contributed by atoms with Crippen molar-refractivity contribution in [2.24, 2.45) is 0 Å². The third-order valence-electron chi connectivity index (χ3n) is 5.83. The largest absolute Gasteiger partial charge is 0.456 e. The van der Waals surface area contributed by atoms with E-state index in [1.807, 2.05) is 42.3 Å². The van der Waals surface area contributed by atoms with E-state index in [1.165, 1.54) is 0 Å². The van der Waals surface area contributed by atoms with Crippen molar-refractivity contribution in [3.05, 3.63) is 78.7 Å². The molecule has 2 aliphatic heterocycles. The zero-order valence-electron chi connectivity index (χ0n) is 15.8. The van der Waals surface area contributed by atoms with Crippen molar-refractivity contribution in [1.29, 1.82) is 0 Å². The average Bonchev–Trinajstić information content (AvgIpc) is 3.45. The van der Waals surface area contributed by atoms with Crippen LogP contribution in [0.5, 0.6) is 0 Å². The number of rotatable bonds is 3. The number of pyridine rings is 1. The topological polar surface area (TPSA) is 54.5 Å². The Hall–Kier alpha value is -3.28. The summed E-state index contributed by atoms with van der Waals surface area (Å²) in [6.45, 7) is 7.77. The van der Waals surface area contributed by atoms with Crippen molar-refractivity contribution >= 4 is 11.6 Å². The van der Waals surface area contributed by atoms with Crippen molar-refractivity contribution in [2.75, 3.05) is 24.5 Å². The number of amides is 1. The summed E-state index contributed by atoms with van der Waals surface area (Å²) in [4.78, 5) is 21.9. The van der Waals surface area contributed by atoms with E-state index < -0.39 is 0 Å². The van der Waals surface area contributed by atoms with Crippen LogP contribution in [0.2, 0.25) is 0 Å². The highest BCUT2D eigenvalue weighted by Crippen LogP contribution is 2.47. The summed E-state index contributed by atoms with van der Waals surface area (Å²) in [7, 11) is 0. The summed E-state index contributed by atoms with van der Waals surface area (Å²) in [5.74, 6) is 2.01. The van der Waals surface area contributed by atoms with Gasteiger partial charge in [-0.15, -0.1) is 6.58 Å². The molecule has 0 bridgehead atoms. The summed E-state index contributed by atoms with van der Waals surface area (Å²) in [5, 5.41) is 0. The Morgan fingerprint density at radius 3 is 3.00 bits per heavy atom. The molecule has 1 saturated heterocycles. The molecule has 3 aromatic rings. The fourth-order valence-electron chi connectivity index (χ4n) is 4.60. The van der Waals surface area contributed by atoms with Gasteiger partial charge >= 0.3 is 0 Å². The van der Waals surface area contributed by atoms with Crippen LogP contribution in [0.25, 0.3) is 5.82 Å². The lowest BCUT2D eigenvalue weighted by Gasteiger charge is -2.46. The number of hydrogen-bond donors (Lipinski definition) is 0. The molecule has 0 N–H and O–H groups in total. The number of nitrogens with zero attached hydrogens (tertiary/aromatic N) is 4. The van der Waals surface area contributed by atoms with Crippen LogP contribution in [0.3, 0.4) is 0 Å². The van der Waals surface area contributed by atoms with Crippen LogP contribution in [0.15, 0.2) is 65.9 Å². The van der Waals surface area contributed by atoms with E-state index in [9.17, 15) is 4.79 Å². The van der Waals surface area contributed by atoms with Crippen molar-refractivity contribution in [3.63, 3.8) is 0 Å². The van der Waals surface area contributed by atoms with Gasteiger partial charge in [0.1, 0.15) is 11.3 Å². The van der Waals surface area contributed by atoms with E-state index in [-0.39, 0.29) is 11.4 Å². The number of fused-ring (bicyclic) bond motifs is 4. The predicted octanol–water partition coefficient (Wildman–Crippen LogP) is 3.52. The van der Waals surface area contributed by atoms with Gasteiger partial charge < -0.3 is 18.8 Å². The minimum absolute atomic E-state index is 0.0568. The molecule has 6 heteroatoms. The first-order valence-electron chi connectivity index (χ1n) is 9.51. The lowest BCUT2D eigenvalue weighted by molar-refractivity contribution is 0.0749. The second-order valence-corrected chi connectivity index (χ2v) is 7.43. The number of anilines is 1. The van der Waals surface area contributed by atoms with Gasteiger partial charge in [-0.2, -0.15) is 0 Å². The molecule has 0 unspecified atom stereocenters. The lowest BCUT2D eigenvalue weighted by Crippen LogP contribution is -2.52. The first-order chi connectivity index (χ1) is 13.6. The zero-order valence-corrected chi connectivity index (χ0v) is 15.8. The van der Waals surface area contributed by atoms with Crippen LogP contribution in [0.1, 0.15) is 28.4 Å². The van der Waals surface area contributed by atoms with Gasteiger partial charge in [0.2, 0.25) is 0 Å². The van der Waals surface area contributed by atoms with E-state index in [2.05, 4.69) is 39.4 Å². The second-order valence-electron chi connectivity index (χ2n) is 7.43. The molecule has 1 amide bonds. The molecular weight excluding hydrogens is 352 g/mol. The number of hydrogen-bond acceptors (Lipinski definition) is 4. The van der Waals surface area contributed by atoms with Crippen LogP contribution >= 0.6 is 0 Å². The number of carbonyl (C=O) groups excluding carboxylic acids is 1. The van der Waals surface area contributed by atoms with E-state index >= 15 is 0 Å². The average molecular weight is 374 g/mol. The Bertz CT molecular complexity index is 1070. The van der Waals surface area contributed by atoms with Gasteiger partial charge in [0.05, 0.1) is 17.9 Å². The molecule has 1 spiro atoms. The van der Waals surface area contributed by atoms with E-state index in [0.717, 1.165) is 29.4 Å². The quantitative estimate of drug-likeness (QED) is 0.658. The maximum Gasteiger partial charge on any atom is 0.289 e. The standard InChI is InChI=1S/C22H22N4O2/c1-3-12-26-17-6-4-11-23-20(17)25-13-5-7-19(25)22(26)10-14-24(15-22)21(27)18-9-8-16(2)28-18/h3-9,11,13H,1,10,12,14-15H2,2H3/t22-/m1/s1. The summed E-state index contributed by atoms with van der Waals surface area (Å²) in [5.41, 5.74) is 1.91. The summed E-state index contributed by atoms with van der Waals surface area (Å²) in [6.07, 6.45) is 6.62. The Morgan fingerprint density at radius 1 is 1.32 bits per heavy atom. The number of furan rings is 1. The minimum Gasteiger partial charge on any atom is -0.456 e. The third-order valence-corrected chi connectivity index (χ3v) is 5.83. The first kappa shape index (κ1) is 16.9. The second kappa shape index (κ2) is 6.12. The number of aromatic nitrogens is 2. The van der Waals surface area contributed by atoms with Gasteiger partial charge in [-0.25, -0.2) is 4.98 Å². The zero-order chi connectivity index (χ0) is 19.3. The van der Waals surface area contributed by atoms with Gasteiger partial charge in [0, 0.05) is 25.5 Å². The molecule has 3 aromatic heterocycles. The van der Waals surface area contributed by atoms with Crippen LogP contribution < -0.4 is 4.90 Å². The Labute approximate surface area is 163 Å². The van der Waals surface area contributed by atoms with Gasteiger partial charge in [-0.3, -0.25) is 4.79 Å². The number of likely N-dealkylation sites (tertiary alicyclic amines) is 1. The smallest absolute Gasteiger partial charge is 0.289 e. The molecule has 5 rings (SSSR count). The van der Waals surface area contributed by atoms with Gasteiger partial charge in [-0.05, 0) is 49.7 Å². The Kier molecular flexibility index (Phi) is 3.69. The summed E-state index contributed by atoms with van der Waals surface area (Å²) in [6, 6.07) is 11.8. The van der Waals surface area contributed by atoms with Crippen molar-refractivity contribution in [1.82, 2.24) is 14.5 Å². The third kappa shape index (κ3) is 2.27. The highest BCUT2D eigenvalue weighted by molar-refractivity contribution is 5.92. The normalized spacial score (nSPS) is 20.3. The van der Waals surface area contributed by atoms with E-state index in [1.54, 1.807) is 6.07 Å². The lowest BCUT2D eigenvalue weighted by atomic mass is 9.89. The van der Waals surface area contributed by atoms with Crippen LogP contribution in [-0.2, 0) is 5.54 Å². The number of aryl methyl sites for hydroxylation is 1. The fraction of sp³-hybridized carbons (Fsp3) is 0.273. The van der Waals surface area contributed by atoms with Crippen LogP contribution in [0, 0.1) is 6.92 Å². The summed E-state index contributed by atoms with van der Waals surface area (Å²) < 4.78 is 7.74. The van der Waals surface area contributed by atoms with Gasteiger partial charge in [0.25, 0.3) is 5.91 Å². The van der Waals surface area contributed by atoms with Crippen molar-refractivity contribution in [3.8, 4) is 5.82 Å². The molecule has 1 fully saturated rings. The SMILES string of the molecule is C=CCN1c2cccnc2-n2cccc2[C@]12CCN(C(=O)c1ccc(C)o1)C2. The van der Waals surface area contributed by atoms with E-state index in [4.69, 9.17) is 4.42 Å². The highest BCUT2D eigenvalue weighted by Gasteiger charge is 2.50. The highest BCUT2D eigenvalue weighted by atomic mass is 16.3. The van der Waals surface area contributed by atoms with Gasteiger partial charge in [-0.1, -0.05) is 6.08 Å². The molecule has 2 aliphatic rings. The molecule has 142 valence electrons. The summed E-state index contributed by atoms with van der Waals surface area (Å²) >= 11 is 0. The number of carbonyl (C=O) groups is 1. The van der Waals surface area contributed by atoms with Crippen molar-refractivity contribution < 1.29 is 9.21 Å². The van der Waals surface area contributed by atoms with Gasteiger partial charge in [0.15, 0.2) is 11.6 Å². The molecule has 5 heterocycles. The Morgan fingerprint density at radius 2 is 2.21 bits per heavy atom. The maximum atomic E-state index is 13.0. The predicted molar refractivity (Wildman–Crippen MR) is 107 cm³/mol. The first-order valence-corrected chi connectivity index (χ1v) is 9.51.